The SMILES string of the molecule is Cc1cc(C(=O)OCC(=O)NCCc2ccc(Cl)cc2Cl)c(C)n1-c1ccc(F)cc1. The number of nitrogens with one attached hydrogen (secondary N) is 1. The number of nitrogens with zero attached hydrogens (tertiary/aromatic N) is 1. The number of esters is 1. The van der Waals surface area contributed by atoms with Crippen LogP contribution in [-0.4, -0.2) is 29.6 Å². The second-order valence-electron chi connectivity index (χ2n) is 7.01. The highest BCUT2D eigenvalue weighted by atomic mass is 35.5. The Kier molecular flexibility index (Phi) is 7.36. The zero-order valence-corrected chi connectivity index (χ0v) is 18.6. The zero-order chi connectivity index (χ0) is 22.5. The quantitative estimate of drug-likeness (QED) is 0.499. The van der Waals surface area contributed by atoms with Gasteiger partial charge in [-0.05, 0) is 68.3 Å². The van der Waals surface area contributed by atoms with Crippen molar-refractivity contribution in [2.75, 3.05) is 13.2 Å². The molecule has 0 saturated carbocycles. The van der Waals surface area contributed by atoms with Crippen LogP contribution in [0.2, 0.25) is 10.0 Å². The van der Waals surface area contributed by atoms with E-state index in [-0.39, 0.29) is 5.82 Å². The van der Waals surface area contributed by atoms with Gasteiger partial charge in [0.15, 0.2) is 6.61 Å². The van der Waals surface area contributed by atoms with Crippen molar-refractivity contribution < 1.29 is 18.7 Å². The molecule has 31 heavy (non-hydrogen) atoms. The van der Waals surface area contributed by atoms with E-state index in [1.54, 1.807) is 43.3 Å². The summed E-state index contributed by atoms with van der Waals surface area (Å²) in [6.07, 6.45) is 0.522. The van der Waals surface area contributed by atoms with Crippen molar-refractivity contribution in [1.82, 2.24) is 9.88 Å². The van der Waals surface area contributed by atoms with E-state index in [4.69, 9.17) is 27.9 Å². The highest BCUT2D eigenvalue weighted by molar-refractivity contribution is 6.35. The molecule has 5 nitrogen and oxygen atoms in total. The fourth-order valence-corrected chi connectivity index (χ4v) is 3.78. The maximum atomic E-state index is 13.2. The summed E-state index contributed by atoms with van der Waals surface area (Å²) >= 11 is 12.0. The Morgan fingerprint density at radius 3 is 2.45 bits per heavy atom. The van der Waals surface area contributed by atoms with Gasteiger partial charge in [-0.25, -0.2) is 9.18 Å². The normalized spacial score (nSPS) is 10.7. The molecule has 1 amide bonds. The number of amides is 1. The van der Waals surface area contributed by atoms with Crippen LogP contribution in [-0.2, 0) is 16.0 Å². The van der Waals surface area contributed by atoms with Crippen molar-refractivity contribution >= 4 is 35.1 Å². The first-order chi connectivity index (χ1) is 14.8. The third kappa shape index (κ3) is 5.66. The molecular weight excluding hydrogens is 442 g/mol. The molecule has 1 aromatic heterocycles. The standard InChI is InChI=1S/C23H21Cl2FN2O3/c1-14-11-20(15(2)28(14)19-7-5-18(26)6-8-19)23(30)31-13-22(29)27-10-9-16-3-4-17(24)12-21(16)25/h3-8,11-12H,9-10,13H2,1-2H3,(H,27,29). The van der Waals surface area contributed by atoms with Gasteiger partial charge in [-0.2, -0.15) is 0 Å². The summed E-state index contributed by atoms with van der Waals surface area (Å²) in [5, 5.41) is 3.77. The third-order valence-electron chi connectivity index (χ3n) is 4.80. The zero-order valence-electron chi connectivity index (χ0n) is 17.0. The number of ether oxygens (including phenoxy) is 1. The van der Waals surface area contributed by atoms with E-state index in [1.165, 1.54) is 12.1 Å². The van der Waals surface area contributed by atoms with Crippen LogP contribution in [0.5, 0.6) is 0 Å². The van der Waals surface area contributed by atoms with E-state index >= 15 is 0 Å². The number of hydrogen-bond acceptors (Lipinski definition) is 3. The lowest BCUT2D eigenvalue weighted by Gasteiger charge is -2.10. The van der Waals surface area contributed by atoms with Gasteiger partial charge in [-0.15, -0.1) is 0 Å². The topological polar surface area (TPSA) is 60.3 Å². The molecular formula is C23H21Cl2FN2O3. The molecule has 2 aromatic carbocycles. The van der Waals surface area contributed by atoms with Crippen molar-refractivity contribution in [2.24, 2.45) is 0 Å². The Morgan fingerprint density at radius 1 is 1.06 bits per heavy atom. The molecule has 0 aliphatic heterocycles. The van der Waals surface area contributed by atoms with Gasteiger partial charge in [0.2, 0.25) is 0 Å². The van der Waals surface area contributed by atoms with Crippen LogP contribution < -0.4 is 5.32 Å². The van der Waals surface area contributed by atoms with E-state index in [0.717, 1.165) is 16.9 Å². The van der Waals surface area contributed by atoms with Crippen molar-refractivity contribution in [3.63, 3.8) is 0 Å². The first-order valence-electron chi connectivity index (χ1n) is 9.59. The van der Waals surface area contributed by atoms with Gasteiger partial charge in [0.1, 0.15) is 5.82 Å². The molecule has 0 bridgehead atoms. The largest absolute Gasteiger partial charge is 0.452 e. The number of carbonyl (C=O) groups is 2. The summed E-state index contributed by atoms with van der Waals surface area (Å²) < 4.78 is 20.2. The van der Waals surface area contributed by atoms with E-state index in [2.05, 4.69) is 5.32 Å². The Labute approximate surface area is 189 Å². The molecule has 0 aliphatic rings. The lowest BCUT2D eigenvalue weighted by molar-refractivity contribution is -0.124. The highest BCUT2D eigenvalue weighted by Gasteiger charge is 2.19. The molecule has 0 radical (unpaired) electrons. The minimum atomic E-state index is -0.600. The van der Waals surface area contributed by atoms with Crippen LogP contribution >= 0.6 is 23.2 Å². The number of aryl methyl sites for hydroxylation is 1. The summed E-state index contributed by atoms with van der Waals surface area (Å²) in [4.78, 5) is 24.5. The lowest BCUT2D eigenvalue weighted by Crippen LogP contribution is -2.30. The monoisotopic (exact) mass is 462 g/mol. The summed E-state index contributed by atoms with van der Waals surface area (Å²) in [6.45, 7) is 3.55. The van der Waals surface area contributed by atoms with Gasteiger partial charge in [0.05, 0.1) is 5.56 Å². The number of hydrogen-bond donors (Lipinski definition) is 1. The third-order valence-corrected chi connectivity index (χ3v) is 5.39. The average Bonchev–Trinajstić information content (AvgIpc) is 3.03. The first-order valence-corrected chi connectivity index (χ1v) is 10.3. The summed E-state index contributed by atoms with van der Waals surface area (Å²) in [7, 11) is 0. The Bertz CT molecular complexity index is 1110. The molecule has 0 spiro atoms. The molecule has 0 saturated heterocycles. The van der Waals surface area contributed by atoms with Crippen molar-refractivity contribution in [3.8, 4) is 5.69 Å². The Morgan fingerprint density at radius 2 is 1.77 bits per heavy atom. The van der Waals surface area contributed by atoms with Crippen LogP contribution in [0, 0.1) is 19.7 Å². The number of carbonyl (C=O) groups excluding carboxylic acids is 2. The van der Waals surface area contributed by atoms with Crippen molar-refractivity contribution in [1.29, 1.82) is 0 Å². The van der Waals surface area contributed by atoms with Crippen molar-refractivity contribution in [3.05, 3.63) is 86.9 Å². The van der Waals surface area contributed by atoms with Gasteiger partial charge < -0.3 is 14.6 Å². The molecule has 0 fully saturated rings. The highest BCUT2D eigenvalue weighted by Crippen LogP contribution is 2.22. The predicted molar refractivity (Wildman–Crippen MR) is 119 cm³/mol. The first kappa shape index (κ1) is 22.8. The second-order valence-corrected chi connectivity index (χ2v) is 7.85. The minimum Gasteiger partial charge on any atom is -0.452 e. The molecule has 162 valence electrons. The lowest BCUT2D eigenvalue weighted by atomic mass is 10.1. The Balaban J connectivity index is 1.55. The van der Waals surface area contributed by atoms with Gasteiger partial charge in [-0.3, -0.25) is 4.79 Å². The number of benzene rings is 2. The molecule has 8 heteroatoms. The molecule has 1 N–H and O–H groups in total. The van der Waals surface area contributed by atoms with Crippen LogP contribution in [0.25, 0.3) is 5.69 Å². The number of aromatic nitrogens is 1. The smallest absolute Gasteiger partial charge is 0.340 e. The fraction of sp³-hybridized carbons (Fsp3) is 0.217. The van der Waals surface area contributed by atoms with Gasteiger partial charge >= 0.3 is 5.97 Å². The predicted octanol–water partition coefficient (Wildman–Crippen LogP) is 5.06. The van der Waals surface area contributed by atoms with Gasteiger partial charge in [-0.1, -0.05) is 29.3 Å². The van der Waals surface area contributed by atoms with Crippen LogP contribution in [0.15, 0.2) is 48.5 Å². The van der Waals surface area contributed by atoms with E-state index in [9.17, 15) is 14.0 Å². The maximum absolute atomic E-state index is 13.2. The van der Waals surface area contributed by atoms with Crippen molar-refractivity contribution in [2.45, 2.75) is 20.3 Å². The van der Waals surface area contributed by atoms with Crippen LogP contribution in [0.4, 0.5) is 4.39 Å². The average molecular weight is 463 g/mol. The van der Waals surface area contributed by atoms with Crippen LogP contribution in [0.3, 0.4) is 0 Å². The van der Waals surface area contributed by atoms with Gasteiger partial charge in [0, 0.05) is 33.7 Å². The number of halogens is 3. The molecule has 0 aliphatic carbocycles. The Hall–Kier alpha value is -2.83. The second kappa shape index (κ2) is 9.98. The summed E-state index contributed by atoms with van der Waals surface area (Å²) in [6, 6.07) is 12.8. The van der Waals surface area contributed by atoms with E-state index < -0.39 is 18.5 Å². The maximum Gasteiger partial charge on any atom is 0.340 e. The summed E-state index contributed by atoms with van der Waals surface area (Å²) in [5.74, 6) is -1.35. The van der Waals surface area contributed by atoms with E-state index in [0.29, 0.717) is 34.3 Å². The summed E-state index contributed by atoms with van der Waals surface area (Å²) in [5.41, 5.74) is 3.38. The molecule has 0 atom stereocenters. The van der Waals surface area contributed by atoms with Crippen LogP contribution in [0.1, 0.15) is 27.3 Å². The molecule has 1 heterocycles. The number of rotatable bonds is 7. The molecule has 0 unspecified atom stereocenters. The molecule has 3 rings (SSSR count). The molecule has 3 aromatic rings. The fourth-order valence-electron chi connectivity index (χ4n) is 3.28. The van der Waals surface area contributed by atoms with E-state index in [1.807, 2.05) is 11.5 Å². The minimum absolute atomic E-state index is 0.338. The van der Waals surface area contributed by atoms with Gasteiger partial charge in [0.25, 0.3) is 5.91 Å².